The van der Waals surface area contributed by atoms with Gasteiger partial charge in [0.05, 0.1) is 12.0 Å². The number of nitro benzene ring substituents is 1. The van der Waals surface area contributed by atoms with Crippen LogP contribution in [0, 0.1) is 10.1 Å². The first-order chi connectivity index (χ1) is 11.0. The third-order valence-electron chi connectivity index (χ3n) is 3.24. The van der Waals surface area contributed by atoms with Crippen LogP contribution < -0.4 is 10.1 Å². The second-order valence-electron chi connectivity index (χ2n) is 4.78. The molecule has 2 aromatic carbocycles. The molecule has 0 spiro atoms. The van der Waals surface area contributed by atoms with Gasteiger partial charge >= 0.3 is 0 Å². The number of nitro groups is 1. The Morgan fingerprint density at radius 2 is 2.04 bits per heavy atom. The molecular weight excluding hydrogens is 320 g/mol. The Kier molecular flexibility index (Phi) is 5.54. The Labute approximate surface area is 138 Å². The van der Waals surface area contributed by atoms with Crippen molar-refractivity contribution in [2.45, 2.75) is 12.8 Å². The first-order valence-electron chi connectivity index (χ1n) is 6.87. The number of para-hydroxylation sites is 1. The number of aryl methyl sites for hydroxylation is 1. The van der Waals surface area contributed by atoms with Crippen molar-refractivity contribution in [2.24, 2.45) is 0 Å². The Morgan fingerprint density at radius 3 is 2.74 bits per heavy atom. The van der Waals surface area contributed by atoms with Gasteiger partial charge in [-0.15, -0.1) is 0 Å². The van der Waals surface area contributed by atoms with Gasteiger partial charge in [-0.3, -0.25) is 14.9 Å². The van der Waals surface area contributed by atoms with Crippen LogP contribution >= 0.6 is 11.6 Å². The summed E-state index contributed by atoms with van der Waals surface area (Å²) < 4.78 is 5.23. The van der Waals surface area contributed by atoms with Crippen LogP contribution in [0.15, 0.2) is 42.5 Å². The van der Waals surface area contributed by atoms with Crippen molar-refractivity contribution >= 4 is 28.9 Å². The smallest absolute Gasteiger partial charge is 0.289 e. The number of rotatable bonds is 6. The molecule has 0 radical (unpaired) electrons. The van der Waals surface area contributed by atoms with Crippen LogP contribution in [0.4, 0.5) is 11.4 Å². The molecule has 0 unspecified atom stereocenters. The maximum absolute atomic E-state index is 12.0. The minimum atomic E-state index is -0.590. The van der Waals surface area contributed by atoms with Gasteiger partial charge in [0.25, 0.3) is 5.69 Å². The zero-order chi connectivity index (χ0) is 16.8. The van der Waals surface area contributed by atoms with E-state index < -0.39 is 4.92 Å². The lowest BCUT2D eigenvalue weighted by molar-refractivity contribution is -0.384. The van der Waals surface area contributed by atoms with Crippen molar-refractivity contribution in [1.29, 1.82) is 0 Å². The first kappa shape index (κ1) is 16.8. The molecule has 23 heavy (non-hydrogen) atoms. The molecule has 0 heterocycles. The first-order valence-corrected chi connectivity index (χ1v) is 7.24. The van der Waals surface area contributed by atoms with Crippen molar-refractivity contribution in [3.8, 4) is 5.75 Å². The summed E-state index contributed by atoms with van der Waals surface area (Å²) in [7, 11) is 1.58. The number of nitrogens with zero attached hydrogens (tertiary/aromatic N) is 1. The zero-order valence-electron chi connectivity index (χ0n) is 12.4. The van der Waals surface area contributed by atoms with Crippen LogP contribution in [0.25, 0.3) is 0 Å². The number of methoxy groups -OCH3 is 1. The van der Waals surface area contributed by atoms with E-state index >= 15 is 0 Å². The van der Waals surface area contributed by atoms with E-state index in [4.69, 9.17) is 16.3 Å². The highest BCUT2D eigenvalue weighted by molar-refractivity contribution is 6.32. The molecule has 6 nitrogen and oxygen atoms in total. The quantitative estimate of drug-likeness (QED) is 0.643. The van der Waals surface area contributed by atoms with Gasteiger partial charge in [-0.25, -0.2) is 0 Å². The van der Waals surface area contributed by atoms with Gasteiger partial charge in [0.1, 0.15) is 10.8 Å². The summed E-state index contributed by atoms with van der Waals surface area (Å²) in [6.07, 6.45) is 0.738. The molecule has 2 aromatic rings. The van der Waals surface area contributed by atoms with E-state index in [1.165, 1.54) is 18.2 Å². The molecule has 0 aliphatic carbocycles. The highest BCUT2D eigenvalue weighted by atomic mass is 35.5. The monoisotopic (exact) mass is 334 g/mol. The number of nitrogens with one attached hydrogen (secondary N) is 1. The van der Waals surface area contributed by atoms with Gasteiger partial charge in [-0.05, 0) is 30.2 Å². The molecule has 0 aromatic heterocycles. The predicted molar refractivity (Wildman–Crippen MR) is 88.1 cm³/mol. The SMILES string of the molecule is COc1ccccc1CCC(=O)Nc1ccc(Cl)c([N+](=O)[O-])c1. The average Bonchev–Trinajstić information content (AvgIpc) is 2.54. The van der Waals surface area contributed by atoms with E-state index in [0.29, 0.717) is 12.1 Å². The summed E-state index contributed by atoms with van der Waals surface area (Å²) in [5.41, 5.74) is 1.02. The predicted octanol–water partition coefficient (Wildman–Crippen LogP) is 3.83. The maximum atomic E-state index is 12.0. The standard InChI is InChI=1S/C16H15ClN2O4/c1-23-15-5-3-2-4-11(15)6-9-16(20)18-12-7-8-13(17)14(10-12)19(21)22/h2-5,7-8,10H,6,9H2,1H3,(H,18,20). The second kappa shape index (κ2) is 7.60. The molecule has 1 amide bonds. The second-order valence-corrected chi connectivity index (χ2v) is 5.19. The lowest BCUT2D eigenvalue weighted by atomic mass is 10.1. The van der Waals surface area contributed by atoms with E-state index in [9.17, 15) is 14.9 Å². The fourth-order valence-electron chi connectivity index (χ4n) is 2.11. The number of ether oxygens (including phenoxy) is 1. The summed E-state index contributed by atoms with van der Waals surface area (Å²) in [4.78, 5) is 22.2. The van der Waals surface area contributed by atoms with Crippen LogP contribution in [0.2, 0.25) is 5.02 Å². The fraction of sp³-hybridized carbons (Fsp3) is 0.188. The summed E-state index contributed by atoms with van der Waals surface area (Å²) in [6, 6.07) is 11.6. The number of anilines is 1. The minimum Gasteiger partial charge on any atom is -0.496 e. The molecule has 120 valence electrons. The molecule has 2 rings (SSSR count). The summed E-state index contributed by atoms with van der Waals surface area (Å²) in [6.45, 7) is 0. The van der Waals surface area contributed by atoms with Crippen LogP contribution in [0.5, 0.6) is 5.75 Å². The number of halogens is 1. The van der Waals surface area contributed by atoms with Crippen molar-refractivity contribution in [1.82, 2.24) is 0 Å². The molecular formula is C16H15ClN2O4. The van der Waals surface area contributed by atoms with Gasteiger partial charge < -0.3 is 10.1 Å². The highest BCUT2D eigenvalue weighted by Gasteiger charge is 2.14. The largest absolute Gasteiger partial charge is 0.496 e. The normalized spacial score (nSPS) is 10.2. The van der Waals surface area contributed by atoms with Crippen molar-refractivity contribution in [3.63, 3.8) is 0 Å². The Hall–Kier alpha value is -2.60. The van der Waals surface area contributed by atoms with Gasteiger partial charge in [0, 0.05) is 18.2 Å². The topological polar surface area (TPSA) is 81.5 Å². The number of hydrogen-bond donors (Lipinski definition) is 1. The van der Waals surface area contributed by atoms with E-state index in [2.05, 4.69) is 5.32 Å². The molecule has 1 N–H and O–H groups in total. The number of amides is 1. The molecule has 0 saturated carbocycles. The van der Waals surface area contributed by atoms with Crippen molar-refractivity contribution in [3.05, 3.63) is 63.2 Å². The summed E-state index contributed by atoms with van der Waals surface area (Å²) in [5, 5.41) is 13.5. The molecule has 0 saturated heterocycles. The van der Waals surface area contributed by atoms with Gasteiger partial charge in [-0.2, -0.15) is 0 Å². The van der Waals surface area contributed by atoms with Crippen LogP contribution in [0.3, 0.4) is 0 Å². The van der Waals surface area contributed by atoms with Crippen LogP contribution in [0.1, 0.15) is 12.0 Å². The number of benzene rings is 2. The lowest BCUT2D eigenvalue weighted by Gasteiger charge is -2.09. The van der Waals surface area contributed by atoms with Gasteiger partial charge in [0.15, 0.2) is 0 Å². The number of carbonyl (C=O) groups excluding carboxylic acids is 1. The Balaban J connectivity index is 2.00. The fourth-order valence-corrected chi connectivity index (χ4v) is 2.30. The molecule has 0 fully saturated rings. The van der Waals surface area contributed by atoms with Gasteiger partial charge in [-0.1, -0.05) is 29.8 Å². The average molecular weight is 335 g/mol. The van der Waals surface area contributed by atoms with E-state index in [0.717, 1.165) is 11.3 Å². The number of hydrogen-bond acceptors (Lipinski definition) is 4. The lowest BCUT2D eigenvalue weighted by Crippen LogP contribution is -2.12. The molecule has 0 bridgehead atoms. The van der Waals surface area contributed by atoms with Gasteiger partial charge in [0.2, 0.25) is 5.91 Å². The Morgan fingerprint density at radius 1 is 1.30 bits per heavy atom. The zero-order valence-corrected chi connectivity index (χ0v) is 13.2. The van der Waals surface area contributed by atoms with E-state index in [1.807, 2.05) is 24.3 Å². The molecule has 0 atom stereocenters. The van der Waals surface area contributed by atoms with E-state index in [-0.39, 0.29) is 23.0 Å². The molecule has 0 aliphatic rings. The summed E-state index contributed by atoms with van der Waals surface area (Å²) in [5.74, 6) is 0.481. The van der Waals surface area contributed by atoms with E-state index in [1.54, 1.807) is 7.11 Å². The molecule has 0 aliphatic heterocycles. The third kappa shape index (κ3) is 4.43. The van der Waals surface area contributed by atoms with Crippen molar-refractivity contribution in [2.75, 3.05) is 12.4 Å². The molecule has 7 heteroatoms. The van der Waals surface area contributed by atoms with Crippen LogP contribution in [-0.2, 0) is 11.2 Å². The Bertz CT molecular complexity index is 734. The minimum absolute atomic E-state index is 0.0296. The summed E-state index contributed by atoms with van der Waals surface area (Å²) >= 11 is 5.73. The van der Waals surface area contributed by atoms with Crippen LogP contribution in [-0.4, -0.2) is 17.9 Å². The third-order valence-corrected chi connectivity index (χ3v) is 3.56. The van der Waals surface area contributed by atoms with Crippen molar-refractivity contribution < 1.29 is 14.5 Å². The highest BCUT2D eigenvalue weighted by Crippen LogP contribution is 2.27. The number of carbonyl (C=O) groups is 1. The maximum Gasteiger partial charge on any atom is 0.289 e.